The standard InChI is InChI=1S/C17H22N2.2ClH/c1-13-7-8-16(17-6-4-3-5-15(13)17)14(2)19-11-9-18-10-12-19;;/h3-8,14,18H,9-12H2,1-2H3;2*1H/t14-;;/m0../s1. The molecule has 21 heavy (non-hydrogen) atoms. The number of aryl methyl sites for hydroxylation is 1. The van der Waals surface area contributed by atoms with Crippen molar-refractivity contribution in [3.63, 3.8) is 0 Å². The van der Waals surface area contributed by atoms with E-state index in [1.807, 2.05) is 0 Å². The van der Waals surface area contributed by atoms with E-state index in [0.29, 0.717) is 6.04 Å². The average molecular weight is 327 g/mol. The topological polar surface area (TPSA) is 15.3 Å². The van der Waals surface area contributed by atoms with Crippen molar-refractivity contribution in [2.24, 2.45) is 0 Å². The van der Waals surface area contributed by atoms with Crippen molar-refractivity contribution in [2.45, 2.75) is 19.9 Å². The van der Waals surface area contributed by atoms with Crippen molar-refractivity contribution < 1.29 is 0 Å². The van der Waals surface area contributed by atoms with Crippen molar-refractivity contribution in [3.05, 3.63) is 47.5 Å². The average Bonchev–Trinajstić information content (AvgIpc) is 2.48. The molecular formula is C17H24Cl2N2. The van der Waals surface area contributed by atoms with Crippen LogP contribution in [0.25, 0.3) is 10.8 Å². The summed E-state index contributed by atoms with van der Waals surface area (Å²) in [6.45, 7) is 9.03. The Balaban J connectivity index is 0.00000110. The summed E-state index contributed by atoms with van der Waals surface area (Å²) in [5, 5.41) is 6.23. The van der Waals surface area contributed by atoms with Gasteiger partial charge in [0.1, 0.15) is 0 Å². The second kappa shape index (κ2) is 8.00. The lowest BCUT2D eigenvalue weighted by Gasteiger charge is -2.33. The number of hydrogen-bond acceptors (Lipinski definition) is 2. The fourth-order valence-corrected chi connectivity index (χ4v) is 3.10. The van der Waals surface area contributed by atoms with Crippen LogP contribution in [0.3, 0.4) is 0 Å². The first-order chi connectivity index (χ1) is 9.27. The maximum Gasteiger partial charge on any atom is 0.0327 e. The van der Waals surface area contributed by atoms with E-state index in [9.17, 15) is 0 Å². The Hall–Kier alpha value is -0.800. The second-order valence-corrected chi connectivity index (χ2v) is 5.48. The molecule has 4 heteroatoms. The summed E-state index contributed by atoms with van der Waals surface area (Å²) in [5.74, 6) is 0. The fourth-order valence-electron chi connectivity index (χ4n) is 3.10. The van der Waals surface area contributed by atoms with E-state index in [2.05, 4.69) is 60.5 Å². The first-order valence-corrected chi connectivity index (χ1v) is 7.20. The van der Waals surface area contributed by atoms with Gasteiger partial charge in [-0.05, 0) is 35.7 Å². The van der Waals surface area contributed by atoms with E-state index in [-0.39, 0.29) is 24.8 Å². The third-order valence-corrected chi connectivity index (χ3v) is 4.33. The van der Waals surface area contributed by atoms with E-state index in [1.165, 1.54) is 21.9 Å². The van der Waals surface area contributed by atoms with Crippen LogP contribution in [-0.4, -0.2) is 31.1 Å². The Morgan fingerprint density at radius 3 is 2.24 bits per heavy atom. The lowest BCUT2D eigenvalue weighted by Crippen LogP contribution is -2.44. The highest BCUT2D eigenvalue weighted by atomic mass is 35.5. The predicted molar refractivity (Wildman–Crippen MR) is 96.0 cm³/mol. The molecule has 0 bridgehead atoms. The summed E-state index contributed by atoms with van der Waals surface area (Å²) in [7, 11) is 0. The van der Waals surface area contributed by atoms with Gasteiger partial charge in [0.25, 0.3) is 0 Å². The number of benzene rings is 2. The molecule has 1 aliphatic heterocycles. The molecule has 0 aliphatic carbocycles. The molecule has 0 saturated carbocycles. The van der Waals surface area contributed by atoms with Crippen LogP contribution in [0.15, 0.2) is 36.4 Å². The van der Waals surface area contributed by atoms with Gasteiger partial charge in [-0.1, -0.05) is 36.4 Å². The van der Waals surface area contributed by atoms with E-state index in [4.69, 9.17) is 0 Å². The number of hydrogen-bond donors (Lipinski definition) is 1. The van der Waals surface area contributed by atoms with Gasteiger partial charge >= 0.3 is 0 Å². The molecule has 2 nitrogen and oxygen atoms in total. The minimum Gasteiger partial charge on any atom is -0.314 e. The molecule has 1 aliphatic rings. The Labute approximate surface area is 139 Å². The van der Waals surface area contributed by atoms with Crippen LogP contribution in [0.5, 0.6) is 0 Å². The Morgan fingerprint density at radius 1 is 0.952 bits per heavy atom. The SMILES string of the molecule is Cc1ccc([C@H](C)N2CCNCC2)c2ccccc12.Cl.Cl. The second-order valence-electron chi connectivity index (χ2n) is 5.48. The van der Waals surface area contributed by atoms with E-state index >= 15 is 0 Å². The quantitative estimate of drug-likeness (QED) is 0.898. The third-order valence-electron chi connectivity index (χ3n) is 4.33. The van der Waals surface area contributed by atoms with E-state index in [1.54, 1.807) is 0 Å². The largest absolute Gasteiger partial charge is 0.314 e. The number of nitrogens with zero attached hydrogens (tertiary/aromatic N) is 1. The number of fused-ring (bicyclic) bond motifs is 1. The molecule has 1 heterocycles. The summed E-state index contributed by atoms with van der Waals surface area (Å²) >= 11 is 0. The van der Waals surface area contributed by atoms with Gasteiger partial charge in [0.2, 0.25) is 0 Å². The zero-order valence-corrected chi connectivity index (χ0v) is 14.3. The van der Waals surface area contributed by atoms with Crippen LogP contribution in [-0.2, 0) is 0 Å². The third kappa shape index (κ3) is 3.70. The highest BCUT2D eigenvalue weighted by Gasteiger charge is 2.19. The summed E-state index contributed by atoms with van der Waals surface area (Å²) < 4.78 is 0. The molecule has 1 atom stereocenters. The minimum absolute atomic E-state index is 0. The molecular weight excluding hydrogens is 303 g/mol. The molecule has 2 aromatic carbocycles. The van der Waals surface area contributed by atoms with Gasteiger partial charge in [-0.25, -0.2) is 0 Å². The van der Waals surface area contributed by atoms with Crippen molar-refractivity contribution in [2.75, 3.05) is 26.2 Å². The molecule has 1 saturated heterocycles. The normalized spacial score (nSPS) is 16.9. The molecule has 0 spiro atoms. The maximum absolute atomic E-state index is 3.43. The van der Waals surface area contributed by atoms with Gasteiger partial charge in [-0.2, -0.15) is 0 Å². The van der Waals surface area contributed by atoms with Crippen molar-refractivity contribution in [3.8, 4) is 0 Å². The summed E-state index contributed by atoms with van der Waals surface area (Å²) in [5.41, 5.74) is 2.83. The Morgan fingerprint density at radius 2 is 1.57 bits per heavy atom. The Kier molecular flexibility index (Phi) is 6.95. The summed E-state index contributed by atoms with van der Waals surface area (Å²) in [4.78, 5) is 2.58. The van der Waals surface area contributed by atoms with Crippen molar-refractivity contribution >= 4 is 35.6 Å². The van der Waals surface area contributed by atoms with Gasteiger partial charge < -0.3 is 5.32 Å². The molecule has 0 radical (unpaired) electrons. The van der Waals surface area contributed by atoms with E-state index in [0.717, 1.165) is 26.2 Å². The molecule has 2 aromatic rings. The molecule has 116 valence electrons. The number of piperazine rings is 1. The predicted octanol–water partition coefficient (Wildman–Crippen LogP) is 3.96. The zero-order valence-electron chi connectivity index (χ0n) is 12.6. The molecule has 0 unspecified atom stereocenters. The van der Waals surface area contributed by atoms with Crippen molar-refractivity contribution in [1.82, 2.24) is 10.2 Å². The molecule has 0 amide bonds. The first-order valence-electron chi connectivity index (χ1n) is 7.20. The highest BCUT2D eigenvalue weighted by Crippen LogP contribution is 2.30. The van der Waals surface area contributed by atoms with Gasteiger partial charge in [0.05, 0.1) is 0 Å². The highest BCUT2D eigenvalue weighted by molar-refractivity contribution is 5.88. The smallest absolute Gasteiger partial charge is 0.0327 e. The minimum atomic E-state index is 0. The fraction of sp³-hybridized carbons (Fsp3) is 0.412. The van der Waals surface area contributed by atoms with Gasteiger partial charge in [0, 0.05) is 32.2 Å². The van der Waals surface area contributed by atoms with Gasteiger partial charge in [-0.3, -0.25) is 4.90 Å². The van der Waals surface area contributed by atoms with Crippen LogP contribution < -0.4 is 5.32 Å². The summed E-state index contributed by atoms with van der Waals surface area (Å²) in [6, 6.07) is 13.8. The molecule has 3 rings (SSSR count). The number of nitrogens with one attached hydrogen (secondary N) is 1. The lowest BCUT2D eigenvalue weighted by molar-refractivity contribution is 0.186. The van der Waals surface area contributed by atoms with E-state index < -0.39 is 0 Å². The van der Waals surface area contributed by atoms with Gasteiger partial charge in [-0.15, -0.1) is 24.8 Å². The first kappa shape index (κ1) is 18.2. The lowest BCUT2D eigenvalue weighted by atomic mass is 9.95. The van der Waals surface area contributed by atoms with Crippen LogP contribution in [0.1, 0.15) is 24.1 Å². The molecule has 1 N–H and O–H groups in total. The number of rotatable bonds is 2. The molecule has 0 aromatic heterocycles. The van der Waals surface area contributed by atoms with Crippen molar-refractivity contribution in [1.29, 1.82) is 0 Å². The van der Waals surface area contributed by atoms with Crippen LogP contribution in [0, 0.1) is 6.92 Å². The summed E-state index contributed by atoms with van der Waals surface area (Å²) in [6.07, 6.45) is 0. The van der Waals surface area contributed by atoms with Gasteiger partial charge in [0.15, 0.2) is 0 Å². The maximum atomic E-state index is 3.43. The Bertz CT molecular complexity index is 580. The van der Waals surface area contributed by atoms with Crippen LogP contribution >= 0.6 is 24.8 Å². The van der Waals surface area contributed by atoms with Crippen LogP contribution in [0.2, 0.25) is 0 Å². The molecule has 1 fully saturated rings. The zero-order chi connectivity index (χ0) is 13.2. The van der Waals surface area contributed by atoms with Crippen LogP contribution in [0.4, 0.5) is 0 Å². The monoisotopic (exact) mass is 326 g/mol. The number of halogens is 2.